The monoisotopic (exact) mass is 431 g/mol. The highest BCUT2D eigenvalue weighted by atomic mass is 35.5. The summed E-state index contributed by atoms with van der Waals surface area (Å²) in [5, 5.41) is 6.02. The summed E-state index contributed by atoms with van der Waals surface area (Å²) in [6, 6.07) is 13.7. The summed E-state index contributed by atoms with van der Waals surface area (Å²) in [5.41, 5.74) is 4.32. The van der Waals surface area contributed by atoms with Crippen LogP contribution in [0.15, 0.2) is 42.5 Å². The van der Waals surface area contributed by atoms with E-state index in [1.165, 1.54) is 0 Å². The minimum absolute atomic E-state index is 0. The Kier molecular flexibility index (Phi) is 7.87. The van der Waals surface area contributed by atoms with E-state index in [1.807, 2.05) is 57.2 Å². The molecule has 0 saturated carbocycles. The van der Waals surface area contributed by atoms with E-state index in [0.29, 0.717) is 12.3 Å². The number of hydrogen-bond donors (Lipinski definition) is 2. The lowest BCUT2D eigenvalue weighted by atomic mass is 10.0. The van der Waals surface area contributed by atoms with Crippen molar-refractivity contribution in [1.29, 1.82) is 0 Å². The molecule has 6 nitrogen and oxygen atoms in total. The number of aryl methyl sites for hydroxylation is 2. The van der Waals surface area contributed by atoms with Gasteiger partial charge in [0.05, 0.1) is 24.5 Å². The van der Waals surface area contributed by atoms with Crippen LogP contribution in [0.2, 0.25) is 0 Å². The number of hydrogen-bond acceptors (Lipinski definition) is 4. The van der Waals surface area contributed by atoms with Crippen molar-refractivity contribution in [3.63, 3.8) is 0 Å². The maximum Gasteiger partial charge on any atom is 0.411 e. The van der Waals surface area contributed by atoms with Crippen molar-refractivity contribution in [3.8, 4) is 0 Å². The second kappa shape index (κ2) is 9.96. The van der Waals surface area contributed by atoms with E-state index in [4.69, 9.17) is 4.74 Å². The van der Waals surface area contributed by atoms with Gasteiger partial charge in [0.25, 0.3) is 0 Å². The maximum atomic E-state index is 13.3. The molecule has 1 aliphatic rings. The third-order valence-corrected chi connectivity index (χ3v) is 4.76. The summed E-state index contributed by atoms with van der Waals surface area (Å²) in [7, 11) is 0. The maximum absolute atomic E-state index is 13.3. The molecule has 162 valence electrons. The molecule has 7 heteroatoms. The van der Waals surface area contributed by atoms with Gasteiger partial charge in [-0.25, -0.2) is 4.79 Å². The predicted molar refractivity (Wildman–Crippen MR) is 123 cm³/mol. The van der Waals surface area contributed by atoms with Gasteiger partial charge in [-0.2, -0.15) is 0 Å². The topological polar surface area (TPSA) is 70.7 Å². The first kappa shape index (κ1) is 23.7. The molecule has 0 bridgehead atoms. The van der Waals surface area contributed by atoms with E-state index in [9.17, 15) is 9.59 Å². The van der Waals surface area contributed by atoms with Crippen LogP contribution in [0.25, 0.3) is 0 Å². The van der Waals surface area contributed by atoms with Gasteiger partial charge in [-0.05, 0) is 69.9 Å². The Morgan fingerprint density at radius 2 is 1.70 bits per heavy atom. The highest BCUT2D eigenvalue weighted by Crippen LogP contribution is 2.37. The Morgan fingerprint density at radius 1 is 1.03 bits per heavy atom. The Labute approximate surface area is 184 Å². The van der Waals surface area contributed by atoms with E-state index in [1.54, 1.807) is 11.8 Å². The molecular formula is C23H30ClN3O3. The number of amides is 2. The molecule has 0 aromatic heterocycles. The van der Waals surface area contributed by atoms with Crippen LogP contribution < -0.4 is 15.5 Å². The number of fused-ring (bicyclic) bond motifs is 2. The second-order valence-corrected chi connectivity index (χ2v) is 8.15. The van der Waals surface area contributed by atoms with Crippen molar-refractivity contribution < 1.29 is 14.3 Å². The van der Waals surface area contributed by atoms with Crippen molar-refractivity contribution in [2.45, 2.75) is 46.1 Å². The molecule has 1 heterocycles. The van der Waals surface area contributed by atoms with Crippen LogP contribution in [0, 0.1) is 0 Å². The molecule has 3 rings (SSSR count). The van der Waals surface area contributed by atoms with Crippen LogP contribution in [0.1, 0.15) is 38.8 Å². The average Bonchev–Trinajstić information content (AvgIpc) is 2.82. The molecule has 0 radical (unpaired) electrons. The van der Waals surface area contributed by atoms with Gasteiger partial charge < -0.3 is 10.1 Å². The van der Waals surface area contributed by atoms with Crippen molar-refractivity contribution in [2.24, 2.45) is 0 Å². The van der Waals surface area contributed by atoms with Gasteiger partial charge in [0.1, 0.15) is 0 Å². The third-order valence-electron chi connectivity index (χ3n) is 4.76. The molecule has 0 saturated heterocycles. The van der Waals surface area contributed by atoms with Gasteiger partial charge in [0.2, 0.25) is 5.91 Å². The molecule has 1 aliphatic heterocycles. The minimum Gasteiger partial charge on any atom is -0.450 e. The van der Waals surface area contributed by atoms with Gasteiger partial charge in [-0.15, -0.1) is 12.4 Å². The summed E-state index contributed by atoms with van der Waals surface area (Å²) in [6.07, 6.45) is 1.17. The lowest BCUT2D eigenvalue weighted by molar-refractivity contribution is -0.117. The number of benzene rings is 2. The summed E-state index contributed by atoms with van der Waals surface area (Å²) in [5.74, 6) is -0.0381. The number of rotatable bonds is 4. The first-order valence-corrected chi connectivity index (χ1v) is 10.0. The number of para-hydroxylation sites is 1. The highest BCUT2D eigenvalue weighted by molar-refractivity contribution is 6.04. The molecule has 2 aromatic carbocycles. The van der Waals surface area contributed by atoms with E-state index in [0.717, 1.165) is 35.3 Å². The number of halogens is 1. The van der Waals surface area contributed by atoms with Crippen molar-refractivity contribution in [2.75, 3.05) is 23.4 Å². The van der Waals surface area contributed by atoms with Crippen molar-refractivity contribution in [3.05, 3.63) is 53.6 Å². The Hall–Kier alpha value is -2.57. The quantitative estimate of drug-likeness (QED) is 0.727. The largest absolute Gasteiger partial charge is 0.450 e. The average molecular weight is 432 g/mol. The predicted octanol–water partition coefficient (Wildman–Crippen LogP) is 4.83. The molecule has 0 aliphatic carbocycles. The molecule has 0 atom stereocenters. The third kappa shape index (κ3) is 5.74. The van der Waals surface area contributed by atoms with Crippen molar-refractivity contribution >= 4 is 41.5 Å². The molecule has 0 unspecified atom stereocenters. The fourth-order valence-corrected chi connectivity index (χ4v) is 3.37. The number of ether oxygens (including phenoxy) is 1. The smallest absolute Gasteiger partial charge is 0.411 e. The van der Waals surface area contributed by atoms with Crippen LogP contribution in [-0.2, 0) is 22.4 Å². The summed E-state index contributed by atoms with van der Waals surface area (Å²) in [4.78, 5) is 26.9. The molecule has 2 amide bonds. The number of carbonyl (C=O) groups is 2. The van der Waals surface area contributed by atoms with Crippen LogP contribution in [0.4, 0.5) is 21.9 Å². The number of nitrogens with one attached hydrogen (secondary N) is 2. The fraction of sp³-hybridized carbons (Fsp3) is 0.391. The van der Waals surface area contributed by atoms with E-state index < -0.39 is 6.09 Å². The van der Waals surface area contributed by atoms with Gasteiger partial charge in [-0.1, -0.05) is 24.3 Å². The zero-order valence-electron chi connectivity index (χ0n) is 18.0. The summed E-state index contributed by atoms with van der Waals surface area (Å²) < 4.78 is 4.98. The van der Waals surface area contributed by atoms with Crippen LogP contribution in [0.5, 0.6) is 0 Å². The van der Waals surface area contributed by atoms with E-state index >= 15 is 0 Å². The molecule has 2 aromatic rings. The lowest BCUT2D eigenvalue weighted by Crippen LogP contribution is -2.43. The van der Waals surface area contributed by atoms with Gasteiger partial charge >= 0.3 is 6.09 Å². The molecule has 0 fully saturated rings. The van der Waals surface area contributed by atoms with E-state index in [-0.39, 0.29) is 30.4 Å². The standard InChI is InChI=1S/C23H29N3O3.ClH/c1-5-29-22(28)25-18-13-12-17-11-10-16-8-6-7-9-19(16)26(20(17)14-18)21(27)15-24-23(2,3)4;/h6-9,12-14,24H,5,10-11,15H2,1-4H3,(H,25,28);1H. The zero-order valence-corrected chi connectivity index (χ0v) is 18.8. The van der Waals surface area contributed by atoms with E-state index in [2.05, 4.69) is 16.7 Å². The Bertz CT molecular complexity index is 909. The van der Waals surface area contributed by atoms with Gasteiger partial charge in [0, 0.05) is 11.2 Å². The van der Waals surface area contributed by atoms with Crippen LogP contribution >= 0.6 is 12.4 Å². The lowest BCUT2D eigenvalue weighted by Gasteiger charge is -2.28. The highest BCUT2D eigenvalue weighted by Gasteiger charge is 2.27. The second-order valence-electron chi connectivity index (χ2n) is 8.15. The SMILES string of the molecule is CCOC(=O)Nc1ccc2c(c1)N(C(=O)CNC(C)(C)C)c1ccccc1CC2.Cl. The summed E-state index contributed by atoms with van der Waals surface area (Å²) in [6.45, 7) is 8.38. The summed E-state index contributed by atoms with van der Waals surface area (Å²) >= 11 is 0. The molecule has 0 spiro atoms. The zero-order chi connectivity index (χ0) is 21.0. The number of carbonyl (C=O) groups excluding carboxylic acids is 2. The van der Waals surface area contributed by atoms with Gasteiger partial charge in [0.15, 0.2) is 0 Å². The fourth-order valence-electron chi connectivity index (χ4n) is 3.37. The molecular weight excluding hydrogens is 402 g/mol. The first-order valence-electron chi connectivity index (χ1n) is 10.0. The Balaban J connectivity index is 0.00000320. The molecule has 2 N–H and O–H groups in total. The minimum atomic E-state index is -0.506. The van der Waals surface area contributed by atoms with Crippen LogP contribution in [-0.4, -0.2) is 30.7 Å². The first-order chi connectivity index (χ1) is 13.8. The number of anilines is 3. The normalized spacial score (nSPS) is 12.7. The number of nitrogens with zero attached hydrogens (tertiary/aromatic N) is 1. The van der Waals surface area contributed by atoms with Crippen LogP contribution in [0.3, 0.4) is 0 Å². The van der Waals surface area contributed by atoms with Gasteiger partial charge in [-0.3, -0.25) is 15.0 Å². The Morgan fingerprint density at radius 3 is 2.37 bits per heavy atom. The van der Waals surface area contributed by atoms with Crippen molar-refractivity contribution in [1.82, 2.24) is 5.32 Å². The molecule has 30 heavy (non-hydrogen) atoms.